The zero-order valence-electron chi connectivity index (χ0n) is 6.99. The average molecular weight is 324 g/mol. The van der Waals surface area contributed by atoms with Gasteiger partial charge in [0.1, 0.15) is 5.75 Å². The van der Waals surface area contributed by atoms with Crippen LogP contribution in [0.5, 0.6) is 5.75 Å². The highest BCUT2D eigenvalue weighted by molar-refractivity contribution is 9.10. The first-order valence-electron chi connectivity index (χ1n) is 3.63. The monoisotopic (exact) mass is 322 g/mol. The van der Waals surface area contributed by atoms with Crippen molar-refractivity contribution >= 4 is 39.1 Å². The summed E-state index contributed by atoms with van der Waals surface area (Å²) >= 11 is 13.2. The molecule has 0 spiro atoms. The largest absolute Gasteiger partial charge is 0.444 e. The van der Waals surface area contributed by atoms with Crippen molar-refractivity contribution in [2.75, 3.05) is 0 Å². The van der Waals surface area contributed by atoms with Crippen molar-refractivity contribution in [1.82, 2.24) is 0 Å². The second-order valence-electron chi connectivity index (χ2n) is 2.54. The van der Waals surface area contributed by atoms with E-state index in [0.29, 0.717) is 4.47 Å². The molecule has 0 N–H and O–H groups in total. The van der Waals surface area contributed by atoms with Crippen LogP contribution < -0.4 is 4.74 Å². The molecule has 0 saturated carbocycles. The minimum Gasteiger partial charge on any atom is -0.428 e. The number of hydrogen-bond acceptors (Lipinski definition) is 1. The molecule has 0 heterocycles. The Labute approximate surface area is 102 Å². The van der Waals surface area contributed by atoms with E-state index in [9.17, 15) is 13.2 Å². The van der Waals surface area contributed by atoms with Gasteiger partial charge in [0.15, 0.2) is 0 Å². The third-order valence-electron chi connectivity index (χ3n) is 1.39. The summed E-state index contributed by atoms with van der Waals surface area (Å²) in [5.41, 5.74) is -2.94. The quantitative estimate of drug-likeness (QED) is 0.738. The maximum Gasteiger partial charge on any atom is 0.444 e. The zero-order chi connectivity index (χ0) is 11.6. The Bertz CT molecular complexity index is 360. The first kappa shape index (κ1) is 12.9. The standard InChI is InChI=1S/C8H4BrCl2F3O/c9-4-1-2-5(10)6(3-4)15-8(13,14)7(11)12/h1-3,7H. The van der Waals surface area contributed by atoms with Gasteiger partial charge in [0.25, 0.3) is 5.63 Å². The normalized spacial score (nSPS) is 13.7. The third kappa shape index (κ3) is 3.43. The number of alkyl halides is 4. The van der Waals surface area contributed by atoms with Gasteiger partial charge in [-0.25, -0.2) is 4.39 Å². The summed E-state index contributed by atoms with van der Waals surface area (Å²) in [5.74, 6) is -0.348. The van der Waals surface area contributed by atoms with E-state index in [0.717, 1.165) is 0 Å². The summed E-state index contributed by atoms with van der Waals surface area (Å²) in [6.07, 6.45) is -4.12. The highest BCUT2D eigenvalue weighted by Gasteiger charge is 2.42. The Morgan fingerprint density at radius 3 is 2.53 bits per heavy atom. The molecule has 0 fully saturated rings. The fourth-order valence-electron chi connectivity index (χ4n) is 0.747. The molecular weight excluding hydrogens is 320 g/mol. The summed E-state index contributed by atoms with van der Waals surface area (Å²) in [6.45, 7) is 0. The van der Waals surface area contributed by atoms with Gasteiger partial charge >= 0.3 is 6.11 Å². The Morgan fingerprint density at radius 2 is 2.00 bits per heavy atom. The summed E-state index contributed by atoms with van der Waals surface area (Å²) in [6, 6.07) is 4.05. The van der Waals surface area contributed by atoms with Gasteiger partial charge in [-0.15, -0.1) is 0 Å². The van der Waals surface area contributed by atoms with E-state index in [-0.39, 0.29) is 10.8 Å². The van der Waals surface area contributed by atoms with E-state index in [1.54, 1.807) is 0 Å². The molecule has 15 heavy (non-hydrogen) atoms. The average Bonchev–Trinajstić information content (AvgIpc) is 2.10. The van der Waals surface area contributed by atoms with Crippen molar-refractivity contribution in [3.8, 4) is 5.75 Å². The predicted octanol–water partition coefficient (Wildman–Crippen LogP) is 4.61. The lowest BCUT2D eigenvalue weighted by atomic mass is 10.3. The maximum absolute atomic E-state index is 12.7. The molecule has 1 rings (SSSR count). The van der Waals surface area contributed by atoms with Crippen molar-refractivity contribution in [3.05, 3.63) is 27.7 Å². The van der Waals surface area contributed by atoms with Crippen LogP contribution in [0.4, 0.5) is 13.2 Å². The SMILES string of the molecule is FC(Cl)C(F)(F)Oc1cc(Br)ccc1Cl. The van der Waals surface area contributed by atoms with Gasteiger partial charge in [-0.05, 0) is 18.2 Å². The molecule has 84 valence electrons. The Hall–Kier alpha value is -0.130. The zero-order valence-corrected chi connectivity index (χ0v) is 10.1. The first-order chi connectivity index (χ1) is 6.83. The van der Waals surface area contributed by atoms with Gasteiger partial charge in [-0.3, -0.25) is 0 Å². The Kier molecular flexibility index (Phi) is 4.14. The van der Waals surface area contributed by atoms with E-state index < -0.39 is 11.7 Å². The van der Waals surface area contributed by atoms with Gasteiger partial charge in [0, 0.05) is 4.47 Å². The van der Waals surface area contributed by atoms with Gasteiger partial charge in [0.05, 0.1) is 5.02 Å². The van der Waals surface area contributed by atoms with E-state index in [1.807, 2.05) is 0 Å². The molecule has 0 aliphatic heterocycles. The van der Waals surface area contributed by atoms with Crippen molar-refractivity contribution in [3.63, 3.8) is 0 Å². The number of halogens is 6. The van der Waals surface area contributed by atoms with E-state index in [4.69, 9.17) is 11.6 Å². The lowest BCUT2D eigenvalue weighted by Crippen LogP contribution is -2.32. The van der Waals surface area contributed by atoms with E-state index in [2.05, 4.69) is 32.3 Å². The third-order valence-corrected chi connectivity index (χ3v) is 2.45. The molecule has 0 saturated heterocycles. The highest BCUT2D eigenvalue weighted by atomic mass is 79.9. The van der Waals surface area contributed by atoms with Gasteiger partial charge in [-0.2, -0.15) is 8.78 Å². The molecule has 1 atom stereocenters. The van der Waals surface area contributed by atoms with Crippen LogP contribution in [0.3, 0.4) is 0 Å². The molecule has 1 nitrogen and oxygen atoms in total. The summed E-state index contributed by atoms with van der Waals surface area (Å²) in [4.78, 5) is 0. The molecule has 1 aromatic rings. The second kappa shape index (κ2) is 4.80. The van der Waals surface area contributed by atoms with Crippen LogP contribution >= 0.6 is 39.1 Å². The van der Waals surface area contributed by atoms with Crippen molar-refractivity contribution in [1.29, 1.82) is 0 Å². The molecule has 0 aliphatic rings. The molecule has 7 heteroatoms. The molecule has 0 bridgehead atoms. The van der Waals surface area contributed by atoms with Crippen LogP contribution in [0.2, 0.25) is 5.02 Å². The Morgan fingerprint density at radius 1 is 1.40 bits per heavy atom. The van der Waals surface area contributed by atoms with Gasteiger partial charge in [-0.1, -0.05) is 39.1 Å². The Balaban J connectivity index is 2.94. The van der Waals surface area contributed by atoms with Crippen molar-refractivity contribution in [2.24, 2.45) is 0 Å². The van der Waals surface area contributed by atoms with Crippen LogP contribution in [-0.2, 0) is 0 Å². The first-order valence-corrected chi connectivity index (χ1v) is 5.23. The molecular formula is C8H4BrCl2F3O. The maximum atomic E-state index is 12.7. The summed E-state index contributed by atoms with van der Waals surface area (Å²) in [5, 5.41) is -0.0600. The summed E-state index contributed by atoms with van der Waals surface area (Å²) < 4.78 is 42.3. The highest BCUT2D eigenvalue weighted by Crippen LogP contribution is 2.34. The fourth-order valence-corrected chi connectivity index (χ4v) is 1.29. The number of ether oxygens (including phenoxy) is 1. The molecule has 1 aromatic carbocycles. The molecule has 1 unspecified atom stereocenters. The second-order valence-corrected chi connectivity index (χ2v) is 4.25. The molecule has 0 amide bonds. The topological polar surface area (TPSA) is 9.23 Å². The molecule has 0 radical (unpaired) electrons. The lowest BCUT2D eigenvalue weighted by molar-refractivity contribution is -0.199. The number of hydrogen-bond donors (Lipinski definition) is 0. The smallest absolute Gasteiger partial charge is 0.428 e. The van der Waals surface area contributed by atoms with Crippen LogP contribution in [0, 0.1) is 0 Å². The van der Waals surface area contributed by atoms with E-state index >= 15 is 0 Å². The van der Waals surface area contributed by atoms with Crippen LogP contribution in [0.1, 0.15) is 0 Å². The van der Waals surface area contributed by atoms with Crippen LogP contribution in [0.25, 0.3) is 0 Å². The summed E-state index contributed by atoms with van der Waals surface area (Å²) in [7, 11) is 0. The van der Waals surface area contributed by atoms with Gasteiger partial charge in [0.2, 0.25) is 0 Å². The van der Waals surface area contributed by atoms with Crippen molar-refractivity contribution < 1.29 is 17.9 Å². The van der Waals surface area contributed by atoms with E-state index in [1.165, 1.54) is 18.2 Å². The van der Waals surface area contributed by atoms with Crippen LogP contribution in [0.15, 0.2) is 22.7 Å². The number of rotatable bonds is 3. The van der Waals surface area contributed by atoms with Crippen LogP contribution in [-0.4, -0.2) is 11.7 Å². The number of benzene rings is 1. The van der Waals surface area contributed by atoms with Crippen molar-refractivity contribution in [2.45, 2.75) is 11.7 Å². The molecule has 0 aromatic heterocycles. The predicted molar refractivity (Wildman–Crippen MR) is 55.5 cm³/mol. The van der Waals surface area contributed by atoms with Gasteiger partial charge < -0.3 is 4.74 Å². The minimum atomic E-state index is -4.12. The fraction of sp³-hybridized carbons (Fsp3) is 0.250. The lowest BCUT2D eigenvalue weighted by Gasteiger charge is -2.18. The molecule has 0 aliphatic carbocycles. The minimum absolute atomic E-state index is 0.0600.